The van der Waals surface area contributed by atoms with Crippen LogP contribution in [0.3, 0.4) is 0 Å². The molecule has 12 heteroatoms. The highest BCUT2D eigenvalue weighted by molar-refractivity contribution is 7.89. The van der Waals surface area contributed by atoms with Crippen molar-refractivity contribution in [2.45, 2.75) is 31.2 Å². The normalized spacial score (nSPS) is 14.9. The summed E-state index contributed by atoms with van der Waals surface area (Å²) in [6, 6.07) is 11.6. The van der Waals surface area contributed by atoms with Crippen LogP contribution in [-0.4, -0.2) is 48.3 Å². The number of carbonyl (C=O) groups is 1. The number of thiazole rings is 1. The van der Waals surface area contributed by atoms with Crippen molar-refractivity contribution in [3.63, 3.8) is 0 Å². The van der Waals surface area contributed by atoms with Crippen LogP contribution in [-0.2, 0) is 21.4 Å². The zero-order valence-electron chi connectivity index (χ0n) is 21.1. The number of benzene rings is 2. The zero-order valence-corrected chi connectivity index (χ0v) is 22.7. The molecule has 8 nitrogen and oxygen atoms in total. The smallest absolute Gasteiger partial charge is 0.246 e. The number of ether oxygens (including phenoxy) is 1. The maximum Gasteiger partial charge on any atom is 0.246 e. The maximum atomic E-state index is 14.2. The van der Waals surface area contributed by atoms with Gasteiger partial charge in [-0.15, -0.1) is 0 Å². The molecule has 4 aromatic rings. The molecule has 0 N–H and O–H groups in total. The lowest BCUT2D eigenvalue weighted by Crippen LogP contribution is -2.44. The number of hydrogen-bond acceptors (Lipinski definition) is 7. The molecule has 204 valence electrons. The number of aromatic nitrogens is 2. The van der Waals surface area contributed by atoms with Crippen LogP contribution in [0.25, 0.3) is 10.2 Å². The van der Waals surface area contributed by atoms with Crippen LogP contribution in [0.2, 0.25) is 0 Å². The Kier molecular flexibility index (Phi) is 7.87. The quantitative estimate of drug-likeness (QED) is 0.295. The molecule has 2 aromatic heterocycles. The van der Waals surface area contributed by atoms with Gasteiger partial charge in [-0.25, -0.2) is 22.2 Å². The summed E-state index contributed by atoms with van der Waals surface area (Å²) < 4.78 is 61.5. The van der Waals surface area contributed by atoms with Crippen molar-refractivity contribution in [1.82, 2.24) is 14.3 Å². The summed E-state index contributed by atoms with van der Waals surface area (Å²) in [4.78, 5) is 23.6. The second kappa shape index (κ2) is 11.3. The molecule has 3 heterocycles. The number of amides is 1. The van der Waals surface area contributed by atoms with Crippen LogP contribution >= 0.6 is 11.3 Å². The molecule has 1 amide bonds. The monoisotopic (exact) mass is 572 g/mol. The largest absolute Gasteiger partial charge is 0.494 e. The van der Waals surface area contributed by atoms with Crippen LogP contribution in [0, 0.1) is 17.6 Å². The molecule has 0 spiro atoms. The van der Waals surface area contributed by atoms with Gasteiger partial charge in [0.15, 0.2) is 5.13 Å². The van der Waals surface area contributed by atoms with Gasteiger partial charge in [0.05, 0.1) is 23.4 Å². The average Bonchev–Trinajstić information content (AvgIpc) is 3.36. The molecule has 1 saturated heterocycles. The van der Waals surface area contributed by atoms with E-state index in [2.05, 4.69) is 4.98 Å². The summed E-state index contributed by atoms with van der Waals surface area (Å²) in [7, 11) is -4.25. The molecular formula is C27H26F2N4O4S2. The van der Waals surface area contributed by atoms with Gasteiger partial charge in [-0.2, -0.15) is 4.31 Å². The topological polar surface area (TPSA) is 92.7 Å². The summed E-state index contributed by atoms with van der Waals surface area (Å²) in [6.45, 7) is 2.70. The minimum absolute atomic E-state index is 0.00693. The van der Waals surface area contributed by atoms with Crippen LogP contribution < -0.4 is 9.64 Å². The van der Waals surface area contributed by atoms with E-state index in [1.807, 2.05) is 31.2 Å². The summed E-state index contributed by atoms with van der Waals surface area (Å²) in [5.41, 5.74) is 1.56. The lowest BCUT2D eigenvalue weighted by molar-refractivity contribution is -0.123. The summed E-state index contributed by atoms with van der Waals surface area (Å²) in [6.07, 6.45) is 3.81. The molecular weight excluding hydrogens is 546 g/mol. The number of anilines is 1. The van der Waals surface area contributed by atoms with Crippen molar-refractivity contribution in [1.29, 1.82) is 0 Å². The molecule has 1 aliphatic rings. The molecule has 0 aliphatic carbocycles. The molecule has 2 aromatic carbocycles. The van der Waals surface area contributed by atoms with Crippen LogP contribution in [0.15, 0.2) is 65.8 Å². The van der Waals surface area contributed by atoms with Gasteiger partial charge in [0.2, 0.25) is 15.9 Å². The Balaban J connectivity index is 1.38. The minimum atomic E-state index is -4.25. The first kappa shape index (κ1) is 27.1. The van der Waals surface area contributed by atoms with Crippen LogP contribution in [0.1, 0.15) is 25.3 Å². The Bertz CT molecular complexity index is 1590. The number of sulfonamides is 1. The van der Waals surface area contributed by atoms with E-state index in [1.54, 1.807) is 23.4 Å². The van der Waals surface area contributed by atoms with Crippen molar-refractivity contribution in [3.8, 4) is 5.75 Å². The van der Waals surface area contributed by atoms with Gasteiger partial charge in [-0.3, -0.25) is 14.7 Å². The Labute approximate surface area is 228 Å². The van der Waals surface area contributed by atoms with E-state index in [-0.39, 0.29) is 38.4 Å². The number of piperidine rings is 1. The molecule has 1 fully saturated rings. The predicted octanol–water partition coefficient (Wildman–Crippen LogP) is 5.00. The molecule has 0 bridgehead atoms. The number of halogens is 2. The zero-order chi connectivity index (χ0) is 27.6. The standard InChI is InChI=1S/C27H26F2N4O4S2/c1-2-37-21-6-8-23-24(15-21)38-27(31-23)33(17-18-4-3-11-30-16-18)26(34)19-9-12-32(13-10-19)39(35,36)25-14-20(28)5-7-22(25)29/h3-8,11,14-16,19H,2,9-10,12-13,17H2,1H3. The van der Waals surface area contributed by atoms with E-state index >= 15 is 0 Å². The van der Waals surface area contributed by atoms with E-state index in [9.17, 15) is 22.0 Å². The Morgan fingerprint density at radius 2 is 1.95 bits per heavy atom. The van der Waals surface area contributed by atoms with Crippen molar-refractivity contribution in [3.05, 3.63) is 78.1 Å². The number of carbonyl (C=O) groups excluding carboxylic acids is 1. The fourth-order valence-electron chi connectivity index (χ4n) is 4.56. The van der Waals surface area contributed by atoms with Crippen molar-refractivity contribution in [2.24, 2.45) is 5.92 Å². The third-order valence-corrected chi connectivity index (χ3v) is 9.49. The van der Waals surface area contributed by atoms with Gasteiger partial charge in [-0.05, 0) is 67.8 Å². The number of fused-ring (bicyclic) bond motifs is 1. The highest BCUT2D eigenvalue weighted by Crippen LogP contribution is 2.35. The number of hydrogen-bond donors (Lipinski definition) is 0. The maximum absolute atomic E-state index is 14.2. The van der Waals surface area contributed by atoms with Crippen LogP contribution in [0.4, 0.5) is 13.9 Å². The van der Waals surface area contributed by atoms with Gasteiger partial charge in [-0.1, -0.05) is 17.4 Å². The molecule has 0 atom stereocenters. The highest BCUT2D eigenvalue weighted by atomic mass is 32.2. The molecule has 1 aliphatic heterocycles. The third-order valence-electron chi connectivity index (χ3n) is 6.53. The van der Waals surface area contributed by atoms with Crippen molar-refractivity contribution in [2.75, 3.05) is 24.6 Å². The Hall–Kier alpha value is -3.48. The predicted molar refractivity (Wildman–Crippen MR) is 144 cm³/mol. The molecule has 39 heavy (non-hydrogen) atoms. The van der Waals surface area contributed by atoms with E-state index in [1.165, 1.54) is 11.3 Å². The number of nitrogens with zero attached hydrogens (tertiary/aromatic N) is 4. The third kappa shape index (κ3) is 5.77. The second-order valence-electron chi connectivity index (χ2n) is 9.10. The average molecular weight is 573 g/mol. The van der Waals surface area contributed by atoms with Gasteiger partial charge >= 0.3 is 0 Å². The van der Waals surface area contributed by atoms with Crippen LogP contribution in [0.5, 0.6) is 5.75 Å². The minimum Gasteiger partial charge on any atom is -0.494 e. The van der Waals surface area contributed by atoms with Crippen molar-refractivity contribution < 1.29 is 26.7 Å². The van der Waals surface area contributed by atoms with Gasteiger partial charge in [0.25, 0.3) is 0 Å². The first-order valence-electron chi connectivity index (χ1n) is 12.4. The van der Waals surface area contributed by atoms with E-state index in [0.717, 1.165) is 32.2 Å². The fourth-order valence-corrected chi connectivity index (χ4v) is 7.10. The number of rotatable bonds is 8. The first-order valence-corrected chi connectivity index (χ1v) is 14.7. The van der Waals surface area contributed by atoms with Gasteiger partial charge < -0.3 is 4.74 Å². The fraction of sp³-hybridized carbons (Fsp3) is 0.296. The van der Waals surface area contributed by atoms with Gasteiger partial charge in [0.1, 0.15) is 22.3 Å². The first-order chi connectivity index (χ1) is 18.8. The molecule has 0 saturated carbocycles. The van der Waals surface area contributed by atoms with E-state index < -0.39 is 32.5 Å². The summed E-state index contributed by atoms with van der Waals surface area (Å²) in [5, 5.41) is 0.518. The Morgan fingerprint density at radius 1 is 1.15 bits per heavy atom. The SMILES string of the molecule is CCOc1ccc2nc(N(Cc3cccnc3)C(=O)C3CCN(S(=O)(=O)c4cc(F)ccc4F)CC3)sc2c1. The van der Waals surface area contributed by atoms with Crippen molar-refractivity contribution >= 4 is 42.6 Å². The van der Waals surface area contributed by atoms with Gasteiger partial charge in [0, 0.05) is 31.4 Å². The molecule has 0 radical (unpaired) electrons. The number of pyridine rings is 1. The highest BCUT2D eigenvalue weighted by Gasteiger charge is 2.36. The summed E-state index contributed by atoms with van der Waals surface area (Å²) >= 11 is 1.37. The molecule has 5 rings (SSSR count). The summed E-state index contributed by atoms with van der Waals surface area (Å²) in [5.74, 6) is -1.79. The van der Waals surface area contributed by atoms with E-state index in [4.69, 9.17) is 9.72 Å². The molecule has 0 unspecified atom stereocenters. The lowest BCUT2D eigenvalue weighted by atomic mass is 9.96. The second-order valence-corrected chi connectivity index (χ2v) is 12.0. The lowest BCUT2D eigenvalue weighted by Gasteiger charge is -2.33. The van der Waals surface area contributed by atoms with E-state index in [0.29, 0.717) is 23.6 Å². The Morgan fingerprint density at radius 3 is 2.67 bits per heavy atom.